The maximum Gasteiger partial charge on any atom is 0.408 e. The van der Waals surface area contributed by atoms with Gasteiger partial charge >= 0.3 is 6.09 Å². The summed E-state index contributed by atoms with van der Waals surface area (Å²) < 4.78 is 5.38. The summed E-state index contributed by atoms with van der Waals surface area (Å²) in [5.41, 5.74) is 1.57. The standard InChI is InChI=1S/C34H43N5O7/c1-3-10-28(31(42)37-26(20-24-17-18-35-30(24)41)29(40)32(43)36-25-15-16-25)39(2)33(44)27(19-22-11-6-4-7-12-22)38-34(45)46-21-23-13-8-5-9-14-23/h4-9,11-14,24-28H,3,10,15-21H2,1-2H3,(H,35,41)(H,36,43)(H,37,42)(H,38,45)/t24-,26-,27+,28-/m0/s1. The number of hydrogen-bond donors (Lipinski definition) is 4. The first kappa shape index (κ1) is 34.1. The Hall–Kier alpha value is -4.74. The lowest BCUT2D eigenvalue weighted by Crippen LogP contribution is -2.57. The number of amides is 5. The molecule has 1 saturated heterocycles. The van der Waals surface area contributed by atoms with Crippen molar-refractivity contribution in [3.8, 4) is 0 Å². The van der Waals surface area contributed by atoms with Crippen molar-refractivity contribution in [1.82, 2.24) is 26.2 Å². The van der Waals surface area contributed by atoms with Gasteiger partial charge in [0.15, 0.2) is 0 Å². The van der Waals surface area contributed by atoms with Crippen LogP contribution in [0, 0.1) is 5.92 Å². The molecule has 1 heterocycles. The molecule has 2 fully saturated rings. The van der Waals surface area contributed by atoms with Crippen molar-refractivity contribution < 1.29 is 33.5 Å². The summed E-state index contributed by atoms with van der Waals surface area (Å²) in [5.74, 6) is -3.55. The summed E-state index contributed by atoms with van der Waals surface area (Å²) in [7, 11) is 1.47. The van der Waals surface area contributed by atoms with Crippen LogP contribution in [-0.2, 0) is 41.7 Å². The zero-order chi connectivity index (χ0) is 33.1. The molecule has 2 aromatic rings. The predicted molar refractivity (Wildman–Crippen MR) is 169 cm³/mol. The number of likely N-dealkylation sites (N-methyl/N-ethyl adjacent to an activating group) is 1. The first-order chi connectivity index (χ1) is 22.2. The summed E-state index contributed by atoms with van der Waals surface area (Å²) in [6.45, 7) is 2.32. The van der Waals surface area contributed by atoms with Crippen molar-refractivity contribution >= 4 is 35.5 Å². The molecule has 1 aliphatic carbocycles. The van der Waals surface area contributed by atoms with Crippen LogP contribution in [0.2, 0.25) is 0 Å². The summed E-state index contributed by atoms with van der Waals surface area (Å²) in [5, 5.41) is 10.7. The number of benzene rings is 2. The fourth-order valence-electron chi connectivity index (χ4n) is 5.43. The van der Waals surface area contributed by atoms with Gasteiger partial charge in [-0.05, 0) is 43.2 Å². The molecule has 4 rings (SSSR count). The Balaban J connectivity index is 1.49. The highest BCUT2D eigenvalue weighted by Crippen LogP contribution is 2.21. The van der Waals surface area contributed by atoms with E-state index in [0.29, 0.717) is 19.4 Å². The van der Waals surface area contributed by atoms with Gasteiger partial charge in [0.25, 0.3) is 5.91 Å². The maximum absolute atomic E-state index is 13.9. The summed E-state index contributed by atoms with van der Waals surface area (Å²) in [6.07, 6.45) is 2.15. The molecule has 0 radical (unpaired) electrons. The van der Waals surface area contributed by atoms with Crippen LogP contribution in [0.5, 0.6) is 0 Å². The highest BCUT2D eigenvalue weighted by molar-refractivity contribution is 6.38. The van der Waals surface area contributed by atoms with Gasteiger partial charge in [0.2, 0.25) is 23.5 Å². The third-order valence-electron chi connectivity index (χ3n) is 8.22. The van der Waals surface area contributed by atoms with Crippen molar-refractivity contribution in [2.75, 3.05) is 13.6 Å². The number of nitrogens with one attached hydrogen (secondary N) is 4. The van der Waals surface area contributed by atoms with Crippen molar-refractivity contribution in [1.29, 1.82) is 0 Å². The second-order valence-electron chi connectivity index (χ2n) is 11.9. The van der Waals surface area contributed by atoms with Crippen LogP contribution >= 0.6 is 0 Å². The number of Topliss-reactive ketones (excluding diaryl/α,β-unsaturated/α-hetero) is 1. The molecule has 1 aliphatic heterocycles. The van der Waals surface area contributed by atoms with Crippen LogP contribution in [0.25, 0.3) is 0 Å². The van der Waals surface area contributed by atoms with E-state index in [4.69, 9.17) is 4.74 Å². The molecule has 0 bridgehead atoms. The van der Waals surface area contributed by atoms with Gasteiger partial charge < -0.3 is 30.9 Å². The van der Waals surface area contributed by atoms with E-state index in [9.17, 15) is 28.8 Å². The van der Waals surface area contributed by atoms with Gasteiger partial charge in [-0.3, -0.25) is 24.0 Å². The second kappa shape index (κ2) is 16.5. The third-order valence-corrected chi connectivity index (χ3v) is 8.22. The van der Waals surface area contributed by atoms with Gasteiger partial charge in [-0.2, -0.15) is 0 Å². The number of hydrogen-bond acceptors (Lipinski definition) is 7. The fraction of sp³-hybridized carbons (Fsp3) is 0.471. The van der Waals surface area contributed by atoms with Gasteiger partial charge in [0.05, 0.1) is 6.04 Å². The van der Waals surface area contributed by atoms with Crippen molar-refractivity contribution in [2.45, 2.75) is 82.6 Å². The molecule has 0 aromatic heterocycles. The number of ketones is 1. The zero-order valence-electron chi connectivity index (χ0n) is 26.3. The molecule has 0 spiro atoms. The molecule has 12 nitrogen and oxygen atoms in total. The van der Waals surface area contributed by atoms with Crippen LogP contribution in [0.3, 0.4) is 0 Å². The van der Waals surface area contributed by atoms with Crippen LogP contribution in [0.15, 0.2) is 60.7 Å². The molecule has 1 saturated carbocycles. The van der Waals surface area contributed by atoms with E-state index in [2.05, 4.69) is 21.3 Å². The fourth-order valence-corrected chi connectivity index (χ4v) is 5.43. The van der Waals surface area contributed by atoms with Gasteiger partial charge in [-0.15, -0.1) is 0 Å². The molecular formula is C34H43N5O7. The summed E-state index contributed by atoms with van der Waals surface area (Å²) in [6, 6.07) is 14.9. The Morgan fingerprint density at radius 3 is 2.15 bits per heavy atom. The predicted octanol–water partition coefficient (Wildman–Crippen LogP) is 2.01. The summed E-state index contributed by atoms with van der Waals surface area (Å²) in [4.78, 5) is 80.0. The number of nitrogens with zero attached hydrogens (tertiary/aromatic N) is 1. The molecule has 2 aliphatic rings. The largest absolute Gasteiger partial charge is 0.445 e. The van der Waals surface area contributed by atoms with Crippen LogP contribution in [0.1, 0.15) is 56.6 Å². The molecule has 4 atom stereocenters. The van der Waals surface area contributed by atoms with Gasteiger partial charge in [-0.25, -0.2) is 4.79 Å². The Labute approximate surface area is 269 Å². The lowest BCUT2D eigenvalue weighted by Gasteiger charge is -2.32. The van der Waals surface area contributed by atoms with Gasteiger partial charge in [0.1, 0.15) is 18.7 Å². The number of carbonyl (C=O) groups excluding carboxylic acids is 6. The quantitative estimate of drug-likeness (QED) is 0.206. The lowest BCUT2D eigenvalue weighted by atomic mass is 9.94. The minimum atomic E-state index is -1.24. The molecule has 2 aromatic carbocycles. The average molecular weight is 634 g/mol. The highest BCUT2D eigenvalue weighted by Gasteiger charge is 2.38. The Morgan fingerprint density at radius 2 is 1.57 bits per heavy atom. The minimum Gasteiger partial charge on any atom is -0.445 e. The van der Waals surface area contributed by atoms with Gasteiger partial charge in [0, 0.05) is 32.0 Å². The normalized spacial score (nSPS) is 17.5. The molecule has 12 heteroatoms. The Morgan fingerprint density at radius 1 is 0.913 bits per heavy atom. The van der Waals surface area contributed by atoms with E-state index in [-0.39, 0.29) is 37.8 Å². The molecule has 0 unspecified atom stereocenters. The Kier molecular flexibility index (Phi) is 12.3. The number of ether oxygens (including phenoxy) is 1. The molecule has 246 valence electrons. The van der Waals surface area contributed by atoms with E-state index in [1.165, 1.54) is 11.9 Å². The Bertz CT molecular complexity index is 1380. The lowest BCUT2D eigenvalue weighted by molar-refractivity contribution is -0.143. The number of carbonyl (C=O) groups is 6. The van der Waals surface area contributed by atoms with Crippen molar-refractivity contribution in [2.24, 2.45) is 5.92 Å². The van der Waals surface area contributed by atoms with E-state index < -0.39 is 53.6 Å². The van der Waals surface area contributed by atoms with E-state index in [1.54, 1.807) is 0 Å². The van der Waals surface area contributed by atoms with Gasteiger partial charge in [-0.1, -0.05) is 74.0 Å². The van der Waals surface area contributed by atoms with Crippen molar-refractivity contribution in [3.63, 3.8) is 0 Å². The molecule has 46 heavy (non-hydrogen) atoms. The van der Waals surface area contributed by atoms with Crippen LogP contribution < -0.4 is 21.3 Å². The monoisotopic (exact) mass is 633 g/mol. The third kappa shape index (κ3) is 9.88. The molecular weight excluding hydrogens is 590 g/mol. The number of alkyl carbamates (subject to hydrolysis) is 1. The molecule has 4 N–H and O–H groups in total. The zero-order valence-corrected chi connectivity index (χ0v) is 26.3. The van der Waals surface area contributed by atoms with E-state index in [1.807, 2.05) is 67.6 Å². The van der Waals surface area contributed by atoms with Crippen LogP contribution in [0.4, 0.5) is 4.79 Å². The second-order valence-corrected chi connectivity index (χ2v) is 11.9. The van der Waals surface area contributed by atoms with Crippen LogP contribution in [-0.4, -0.2) is 78.2 Å². The SMILES string of the molecule is CCC[C@@H](C(=O)N[C@@H](C[C@@H]1CCNC1=O)C(=O)C(=O)NC1CC1)N(C)C(=O)[C@@H](Cc1ccccc1)NC(=O)OCc1ccccc1. The summed E-state index contributed by atoms with van der Waals surface area (Å²) >= 11 is 0. The first-order valence-electron chi connectivity index (χ1n) is 15.9. The maximum atomic E-state index is 13.9. The van der Waals surface area contributed by atoms with Crippen molar-refractivity contribution in [3.05, 3.63) is 71.8 Å². The first-order valence-corrected chi connectivity index (χ1v) is 15.9. The highest BCUT2D eigenvalue weighted by atomic mass is 16.5. The average Bonchev–Trinajstić information content (AvgIpc) is 3.79. The van der Waals surface area contributed by atoms with E-state index >= 15 is 0 Å². The minimum absolute atomic E-state index is 0.0123. The molecule has 5 amide bonds. The topological polar surface area (TPSA) is 163 Å². The smallest absolute Gasteiger partial charge is 0.408 e. The van der Waals surface area contributed by atoms with E-state index in [0.717, 1.165) is 24.0 Å². The number of rotatable bonds is 16.